The number of hydrogen-bond donors (Lipinski definition) is 2. The lowest BCUT2D eigenvalue weighted by Gasteiger charge is -2.32. The van der Waals surface area contributed by atoms with Crippen LogP contribution in [0.4, 0.5) is 5.82 Å². The Balaban J connectivity index is 1.68. The summed E-state index contributed by atoms with van der Waals surface area (Å²) in [5.74, 6) is 1.46. The van der Waals surface area contributed by atoms with Crippen LogP contribution in [0.2, 0.25) is 5.02 Å². The predicted octanol–water partition coefficient (Wildman–Crippen LogP) is 2.10. The first-order valence-corrected chi connectivity index (χ1v) is 8.90. The van der Waals surface area contributed by atoms with Gasteiger partial charge in [-0.05, 0) is 37.1 Å². The zero-order valence-electron chi connectivity index (χ0n) is 13.8. The van der Waals surface area contributed by atoms with Gasteiger partial charge in [0.25, 0.3) is 0 Å². The largest absolute Gasteiger partial charge is 0.369 e. The minimum Gasteiger partial charge on any atom is -0.369 e. The van der Waals surface area contributed by atoms with Crippen LogP contribution in [-0.4, -0.2) is 29.0 Å². The maximum absolute atomic E-state index is 11.4. The number of piperidine rings is 1. The first-order valence-electron chi connectivity index (χ1n) is 8.52. The first-order chi connectivity index (χ1) is 12.1. The zero-order chi connectivity index (χ0) is 17.4. The van der Waals surface area contributed by atoms with Crippen molar-refractivity contribution in [2.24, 2.45) is 11.7 Å². The summed E-state index contributed by atoms with van der Waals surface area (Å²) < 4.78 is 0. The van der Waals surface area contributed by atoms with E-state index in [1.807, 2.05) is 24.3 Å². The molecule has 0 radical (unpaired) electrons. The van der Waals surface area contributed by atoms with Crippen LogP contribution in [0, 0.1) is 5.92 Å². The number of benzene rings is 1. The normalized spacial score (nSPS) is 17.6. The summed E-state index contributed by atoms with van der Waals surface area (Å²) in [5.41, 5.74) is 8.61. The van der Waals surface area contributed by atoms with Gasteiger partial charge in [-0.15, -0.1) is 0 Å². The SMILES string of the molecule is NC(=O)C1CCN(c2nc(-c3ccc(Cl)cc3)nc3c2CNC3)CC1. The van der Waals surface area contributed by atoms with Crippen LogP contribution >= 0.6 is 11.6 Å². The molecule has 1 aromatic carbocycles. The maximum Gasteiger partial charge on any atom is 0.220 e. The molecule has 7 heteroatoms. The zero-order valence-corrected chi connectivity index (χ0v) is 14.6. The van der Waals surface area contributed by atoms with Gasteiger partial charge >= 0.3 is 0 Å². The second-order valence-corrected chi connectivity index (χ2v) is 7.01. The Labute approximate surface area is 151 Å². The van der Waals surface area contributed by atoms with Crippen LogP contribution < -0.4 is 16.0 Å². The van der Waals surface area contributed by atoms with Crippen LogP contribution in [0.15, 0.2) is 24.3 Å². The molecule has 2 aliphatic rings. The molecule has 1 aromatic heterocycles. The average molecular weight is 358 g/mol. The van der Waals surface area contributed by atoms with Crippen molar-refractivity contribution in [1.29, 1.82) is 0 Å². The highest BCUT2D eigenvalue weighted by molar-refractivity contribution is 6.30. The summed E-state index contributed by atoms with van der Waals surface area (Å²) >= 11 is 5.99. The van der Waals surface area contributed by atoms with Crippen molar-refractivity contribution < 1.29 is 4.79 Å². The van der Waals surface area contributed by atoms with E-state index >= 15 is 0 Å². The molecule has 3 N–H and O–H groups in total. The fourth-order valence-electron chi connectivity index (χ4n) is 3.52. The quantitative estimate of drug-likeness (QED) is 0.878. The number of anilines is 1. The van der Waals surface area contributed by atoms with Gasteiger partial charge < -0.3 is 16.0 Å². The minimum atomic E-state index is -0.198. The Bertz CT molecular complexity index is 800. The third-order valence-electron chi connectivity index (χ3n) is 4.96. The lowest BCUT2D eigenvalue weighted by atomic mass is 9.96. The monoisotopic (exact) mass is 357 g/mol. The molecule has 1 fully saturated rings. The Kier molecular flexibility index (Phi) is 4.31. The second kappa shape index (κ2) is 6.61. The van der Waals surface area contributed by atoms with Crippen molar-refractivity contribution >= 4 is 23.3 Å². The summed E-state index contributed by atoms with van der Waals surface area (Å²) in [6.07, 6.45) is 1.55. The smallest absolute Gasteiger partial charge is 0.220 e. The highest BCUT2D eigenvalue weighted by atomic mass is 35.5. The number of primary amides is 1. The topological polar surface area (TPSA) is 84.1 Å². The highest BCUT2D eigenvalue weighted by Gasteiger charge is 2.28. The van der Waals surface area contributed by atoms with E-state index in [0.717, 1.165) is 61.7 Å². The Morgan fingerprint density at radius 2 is 1.88 bits per heavy atom. The predicted molar refractivity (Wildman–Crippen MR) is 97.2 cm³/mol. The summed E-state index contributed by atoms with van der Waals surface area (Å²) in [4.78, 5) is 23.3. The van der Waals surface area contributed by atoms with Gasteiger partial charge in [-0.1, -0.05) is 11.6 Å². The number of carbonyl (C=O) groups is 1. The molecule has 0 saturated carbocycles. The van der Waals surface area contributed by atoms with Crippen molar-refractivity contribution in [3.8, 4) is 11.4 Å². The maximum atomic E-state index is 11.4. The van der Waals surface area contributed by atoms with Crippen molar-refractivity contribution in [2.75, 3.05) is 18.0 Å². The number of nitrogens with zero attached hydrogens (tertiary/aromatic N) is 3. The third-order valence-corrected chi connectivity index (χ3v) is 5.22. The van der Waals surface area contributed by atoms with E-state index < -0.39 is 0 Å². The molecule has 25 heavy (non-hydrogen) atoms. The molecule has 4 rings (SSSR count). The molecule has 0 aliphatic carbocycles. The van der Waals surface area contributed by atoms with Crippen LogP contribution in [0.1, 0.15) is 24.1 Å². The van der Waals surface area contributed by atoms with E-state index in [-0.39, 0.29) is 11.8 Å². The molecular weight excluding hydrogens is 338 g/mol. The van der Waals surface area contributed by atoms with Gasteiger partial charge in [0.1, 0.15) is 5.82 Å². The van der Waals surface area contributed by atoms with Gasteiger partial charge in [0.2, 0.25) is 5.91 Å². The molecule has 3 heterocycles. The molecule has 0 spiro atoms. The van der Waals surface area contributed by atoms with E-state index in [9.17, 15) is 4.79 Å². The number of halogens is 1. The van der Waals surface area contributed by atoms with E-state index in [2.05, 4.69) is 10.2 Å². The van der Waals surface area contributed by atoms with Gasteiger partial charge in [0.05, 0.1) is 5.69 Å². The number of hydrogen-bond acceptors (Lipinski definition) is 5. The van der Waals surface area contributed by atoms with Gasteiger partial charge in [-0.2, -0.15) is 0 Å². The Morgan fingerprint density at radius 1 is 1.16 bits per heavy atom. The number of amides is 1. The van der Waals surface area contributed by atoms with Crippen molar-refractivity contribution in [3.63, 3.8) is 0 Å². The first kappa shape index (κ1) is 16.3. The molecule has 1 amide bonds. The Morgan fingerprint density at radius 3 is 2.56 bits per heavy atom. The van der Waals surface area contributed by atoms with Crippen LogP contribution in [0.3, 0.4) is 0 Å². The van der Waals surface area contributed by atoms with Gasteiger partial charge in [0, 0.05) is 48.2 Å². The van der Waals surface area contributed by atoms with E-state index in [4.69, 9.17) is 27.3 Å². The molecular formula is C18H20ClN5O. The number of nitrogens with one attached hydrogen (secondary N) is 1. The number of fused-ring (bicyclic) bond motifs is 1. The molecule has 0 bridgehead atoms. The second-order valence-electron chi connectivity index (χ2n) is 6.57. The van der Waals surface area contributed by atoms with E-state index in [1.165, 1.54) is 0 Å². The molecule has 0 atom stereocenters. The van der Waals surface area contributed by atoms with Crippen LogP contribution in [0.25, 0.3) is 11.4 Å². The van der Waals surface area contributed by atoms with Gasteiger partial charge in [-0.25, -0.2) is 9.97 Å². The molecule has 2 aromatic rings. The lowest BCUT2D eigenvalue weighted by molar-refractivity contribution is -0.122. The van der Waals surface area contributed by atoms with E-state index in [1.54, 1.807) is 0 Å². The van der Waals surface area contributed by atoms with Crippen molar-refractivity contribution in [2.45, 2.75) is 25.9 Å². The van der Waals surface area contributed by atoms with Crippen molar-refractivity contribution in [1.82, 2.24) is 15.3 Å². The molecule has 2 aliphatic heterocycles. The van der Waals surface area contributed by atoms with Gasteiger partial charge in [0.15, 0.2) is 5.82 Å². The standard InChI is InChI=1S/C18H20ClN5O/c19-13-3-1-12(2-4-13)17-22-15-10-21-9-14(15)18(23-17)24-7-5-11(6-8-24)16(20)25/h1-4,11,21H,5-10H2,(H2,20,25). The number of nitrogens with two attached hydrogens (primary N) is 1. The Hall–Kier alpha value is -2.18. The van der Waals surface area contributed by atoms with Crippen LogP contribution in [-0.2, 0) is 17.9 Å². The molecule has 130 valence electrons. The third kappa shape index (κ3) is 3.19. The number of rotatable bonds is 3. The highest BCUT2D eigenvalue weighted by Crippen LogP contribution is 2.31. The summed E-state index contributed by atoms with van der Waals surface area (Å²) in [6, 6.07) is 7.58. The molecule has 1 saturated heterocycles. The average Bonchev–Trinajstić information content (AvgIpc) is 3.10. The number of aromatic nitrogens is 2. The van der Waals surface area contributed by atoms with E-state index in [0.29, 0.717) is 10.8 Å². The fraction of sp³-hybridized carbons (Fsp3) is 0.389. The molecule has 6 nitrogen and oxygen atoms in total. The fourth-order valence-corrected chi connectivity index (χ4v) is 3.64. The van der Waals surface area contributed by atoms with Crippen LogP contribution in [0.5, 0.6) is 0 Å². The minimum absolute atomic E-state index is 0.0278. The summed E-state index contributed by atoms with van der Waals surface area (Å²) in [6.45, 7) is 3.11. The lowest BCUT2D eigenvalue weighted by Crippen LogP contribution is -2.39. The van der Waals surface area contributed by atoms with Gasteiger partial charge in [-0.3, -0.25) is 4.79 Å². The number of carbonyl (C=O) groups excluding carboxylic acids is 1. The molecule has 0 unspecified atom stereocenters. The summed E-state index contributed by atoms with van der Waals surface area (Å²) in [7, 11) is 0. The summed E-state index contributed by atoms with van der Waals surface area (Å²) in [5, 5.41) is 4.05. The van der Waals surface area contributed by atoms with Crippen molar-refractivity contribution in [3.05, 3.63) is 40.5 Å².